The molecule has 1 aromatic heterocycles. The van der Waals surface area contributed by atoms with Gasteiger partial charge in [0.2, 0.25) is 0 Å². The Kier molecular flexibility index (Phi) is 6.20. The van der Waals surface area contributed by atoms with Crippen molar-refractivity contribution in [1.29, 1.82) is 0 Å². The fraction of sp³-hybridized carbons (Fsp3) is 0.400. The van der Waals surface area contributed by atoms with E-state index in [-0.39, 0.29) is 11.9 Å². The van der Waals surface area contributed by atoms with Crippen LogP contribution in [0.5, 0.6) is 0 Å². The van der Waals surface area contributed by atoms with Crippen LogP contribution in [0.15, 0.2) is 48.5 Å². The molecular formula is C20H27N5O. The van der Waals surface area contributed by atoms with Gasteiger partial charge in [0.05, 0.1) is 0 Å². The first kappa shape index (κ1) is 18.4. The molecule has 3 rings (SSSR count). The first-order valence-electron chi connectivity index (χ1n) is 9.07. The minimum atomic E-state index is -0.122. The molecule has 26 heavy (non-hydrogen) atoms. The SMILES string of the molecule is CN(C)CCNC(=O)c1cccc(N2CCNC(c3ccccc3)C2)n1. The average molecular weight is 353 g/mol. The summed E-state index contributed by atoms with van der Waals surface area (Å²) >= 11 is 0. The number of carbonyl (C=O) groups is 1. The summed E-state index contributed by atoms with van der Waals surface area (Å²) in [5.41, 5.74) is 1.74. The lowest BCUT2D eigenvalue weighted by Crippen LogP contribution is -2.46. The number of likely N-dealkylation sites (N-methyl/N-ethyl adjacent to an activating group) is 1. The number of rotatable bonds is 6. The summed E-state index contributed by atoms with van der Waals surface area (Å²) in [5.74, 6) is 0.733. The predicted octanol–water partition coefficient (Wildman–Crippen LogP) is 1.52. The van der Waals surface area contributed by atoms with Crippen LogP contribution < -0.4 is 15.5 Å². The second kappa shape index (κ2) is 8.78. The van der Waals surface area contributed by atoms with Gasteiger partial charge in [-0.3, -0.25) is 4.79 Å². The molecule has 0 saturated carbocycles. The number of anilines is 1. The highest BCUT2D eigenvalue weighted by atomic mass is 16.1. The minimum Gasteiger partial charge on any atom is -0.353 e. The third-order valence-electron chi connectivity index (χ3n) is 4.51. The molecule has 2 N–H and O–H groups in total. The van der Waals surface area contributed by atoms with E-state index < -0.39 is 0 Å². The van der Waals surface area contributed by atoms with Crippen LogP contribution >= 0.6 is 0 Å². The van der Waals surface area contributed by atoms with E-state index in [2.05, 4.69) is 44.8 Å². The van der Waals surface area contributed by atoms with Crippen molar-refractivity contribution >= 4 is 11.7 Å². The van der Waals surface area contributed by atoms with Crippen molar-refractivity contribution in [3.63, 3.8) is 0 Å². The summed E-state index contributed by atoms with van der Waals surface area (Å²) in [6.45, 7) is 4.02. The van der Waals surface area contributed by atoms with E-state index in [9.17, 15) is 4.79 Å². The van der Waals surface area contributed by atoms with Crippen molar-refractivity contribution in [3.05, 3.63) is 59.8 Å². The molecule has 0 spiro atoms. The number of amides is 1. The largest absolute Gasteiger partial charge is 0.353 e. The molecule has 0 bridgehead atoms. The van der Waals surface area contributed by atoms with Crippen LogP contribution in [0.1, 0.15) is 22.1 Å². The lowest BCUT2D eigenvalue weighted by molar-refractivity contribution is 0.0946. The van der Waals surface area contributed by atoms with Crippen LogP contribution in [-0.2, 0) is 0 Å². The first-order valence-corrected chi connectivity index (χ1v) is 9.07. The molecule has 2 heterocycles. The van der Waals surface area contributed by atoms with E-state index in [4.69, 9.17) is 0 Å². The van der Waals surface area contributed by atoms with Gasteiger partial charge in [-0.25, -0.2) is 4.98 Å². The molecule has 138 valence electrons. The topological polar surface area (TPSA) is 60.5 Å². The van der Waals surface area contributed by atoms with E-state index >= 15 is 0 Å². The maximum absolute atomic E-state index is 12.3. The maximum Gasteiger partial charge on any atom is 0.270 e. The standard InChI is InChI=1S/C20H27N5O/c1-24(2)13-11-22-20(26)17-9-6-10-19(23-17)25-14-12-21-18(15-25)16-7-4-3-5-8-16/h3-10,18,21H,11-15H2,1-2H3,(H,22,26). The zero-order chi connectivity index (χ0) is 18.4. The van der Waals surface area contributed by atoms with Crippen LogP contribution in [0, 0.1) is 0 Å². The second-order valence-electron chi connectivity index (χ2n) is 6.80. The molecule has 1 fully saturated rings. The van der Waals surface area contributed by atoms with Crippen molar-refractivity contribution < 1.29 is 4.79 Å². The Morgan fingerprint density at radius 2 is 2.04 bits per heavy atom. The smallest absolute Gasteiger partial charge is 0.270 e. The molecule has 1 saturated heterocycles. The van der Waals surface area contributed by atoms with Gasteiger partial charge in [0.25, 0.3) is 5.91 Å². The van der Waals surface area contributed by atoms with Crippen LogP contribution in [0.2, 0.25) is 0 Å². The van der Waals surface area contributed by atoms with Gasteiger partial charge in [0.1, 0.15) is 11.5 Å². The van der Waals surface area contributed by atoms with Crippen molar-refractivity contribution in [3.8, 4) is 0 Å². The summed E-state index contributed by atoms with van der Waals surface area (Å²) in [7, 11) is 3.97. The average Bonchev–Trinajstić information content (AvgIpc) is 2.68. The van der Waals surface area contributed by atoms with Gasteiger partial charge in [-0.1, -0.05) is 36.4 Å². The Labute approximate surface area is 155 Å². The number of nitrogens with zero attached hydrogens (tertiary/aromatic N) is 3. The van der Waals surface area contributed by atoms with Gasteiger partial charge in [0.15, 0.2) is 0 Å². The molecule has 2 aromatic rings. The van der Waals surface area contributed by atoms with Gasteiger partial charge >= 0.3 is 0 Å². The van der Waals surface area contributed by atoms with E-state index in [1.807, 2.05) is 37.2 Å². The van der Waals surface area contributed by atoms with Crippen molar-refractivity contribution in [2.75, 3.05) is 51.7 Å². The molecule has 1 aliphatic heterocycles. The normalized spacial score (nSPS) is 17.3. The Balaban J connectivity index is 1.66. The predicted molar refractivity (Wildman–Crippen MR) is 105 cm³/mol. The molecular weight excluding hydrogens is 326 g/mol. The number of hydrogen-bond acceptors (Lipinski definition) is 5. The number of hydrogen-bond donors (Lipinski definition) is 2. The number of pyridine rings is 1. The summed E-state index contributed by atoms with van der Waals surface area (Å²) in [5, 5.41) is 6.48. The first-order chi connectivity index (χ1) is 12.6. The molecule has 0 aliphatic carbocycles. The summed E-state index contributed by atoms with van der Waals surface area (Å²) < 4.78 is 0. The molecule has 1 atom stereocenters. The quantitative estimate of drug-likeness (QED) is 0.825. The summed E-state index contributed by atoms with van der Waals surface area (Å²) in [4.78, 5) is 21.2. The Hall–Kier alpha value is -2.44. The van der Waals surface area contributed by atoms with Gasteiger partial charge < -0.3 is 20.4 Å². The highest BCUT2D eigenvalue weighted by molar-refractivity contribution is 5.92. The molecule has 1 aliphatic rings. The van der Waals surface area contributed by atoms with Crippen molar-refractivity contribution in [2.45, 2.75) is 6.04 Å². The Morgan fingerprint density at radius 3 is 2.81 bits per heavy atom. The Bertz CT molecular complexity index is 719. The third-order valence-corrected chi connectivity index (χ3v) is 4.51. The molecule has 1 aromatic carbocycles. The van der Waals surface area contributed by atoms with Gasteiger partial charge in [-0.2, -0.15) is 0 Å². The van der Waals surface area contributed by atoms with Crippen LogP contribution in [0.25, 0.3) is 0 Å². The fourth-order valence-electron chi connectivity index (χ4n) is 3.08. The van der Waals surface area contributed by atoms with Crippen molar-refractivity contribution in [2.24, 2.45) is 0 Å². The number of aromatic nitrogens is 1. The maximum atomic E-state index is 12.3. The van der Waals surface area contributed by atoms with Crippen LogP contribution in [0.4, 0.5) is 5.82 Å². The number of piperazine rings is 1. The monoisotopic (exact) mass is 353 g/mol. The van der Waals surface area contributed by atoms with E-state index in [1.165, 1.54) is 5.56 Å². The molecule has 1 amide bonds. The Morgan fingerprint density at radius 1 is 1.23 bits per heavy atom. The van der Waals surface area contributed by atoms with E-state index in [1.54, 1.807) is 6.07 Å². The fourth-order valence-corrected chi connectivity index (χ4v) is 3.08. The van der Waals surface area contributed by atoms with Crippen LogP contribution in [0.3, 0.4) is 0 Å². The third kappa shape index (κ3) is 4.80. The highest BCUT2D eigenvalue weighted by Crippen LogP contribution is 2.21. The van der Waals surface area contributed by atoms with Crippen LogP contribution in [-0.4, -0.2) is 62.6 Å². The molecule has 6 nitrogen and oxygen atoms in total. The van der Waals surface area contributed by atoms with Gasteiger partial charge in [-0.15, -0.1) is 0 Å². The highest BCUT2D eigenvalue weighted by Gasteiger charge is 2.22. The molecule has 0 radical (unpaired) electrons. The zero-order valence-corrected chi connectivity index (χ0v) is 15.5. The lowest BCUT2D eigenvalue weighted by Gasteiger charge is -2.35. The number of benzene rings is 1. The summed E-state index contributed by atoms with van der Waals surface area (Å²) in [6, 6.07) is 16.4. The van der Waals surface area contributed by atoms with E-state index in [0.29, 0.717) is 12.2 Å². The minimum absolute atomic E-state index is 0.122. The summed E-state index contributed by atoms with van der Waals surface area (Å²) in [6.07, 6.45) is 0. The van der Waals surface area contributed by atoms with Gasteiger partial charge in [0, 0.05) is 38.8 Å². The zero-order valence-electron chi connectivity index (χ0n) is 15.5. The van der Waals surface area contributed by atoms with Gasteiger partial charge in [-0.05, 0) is 31.8 Å². The second-order valence-corrected chi connectivity index (χ2v) is 6.80. The molecule has 1 unspecified atom stereocenters. The lowest BCUT2D eigenvalue weighted by atomic mass is 10.0. The van der Waals surface area contributed by atoms with E-state index in [0.717, 1.165) is 32.0 Å². The number of nitrogens with one attached hydrogen (secondary N) is 2. The van der Waals surface area contributed by atoms with Crippen molar-refractivity contribution in [1.82, 2.24) is 20.5 Å². The number of carbonyl (C=O) groups excluding carboxylic acids is 1. The molecule has 6 heteroatoms.